The molecule has 0 atom stereocenters. The van der Waals surface area contributed by atoms with Gasteiger partial charge in [-0.1, -0.05) is 53.7 Å². The number of carbonyl (C=O) groups is 5. The average molecular weight is 806 g/mol. The molecule has 4 aromatic rings. The molecule has 0 radical (unpaired) electrons. The highest BCUT2D eigenvalue weighted by molar-refractivity contribution is 6.43. The summed E-state index contributed by atoms with van der Waals surface area (Å²) in [5, 5.41) is 12.7. The van der Waals surface area contributed by atoms with Gasteiger partial charge in [0.1, 0.15) is 36.2 Å². The third kappa shape index (κ3) is 7.27. The van der Waals surface area contributed by atoms with E-state index in [0.29, 0.717) is 6.08 Å². The van der Waals surface area contributed by atoms with E-state index in [0.717, 1.165) is 20.9 Å². The van der Waals surface area contributed by atoms with Crippen LogP contribution < -0.4 is 33.9 Å². The molecule has 0 spiro atoms. The van der Waals surface area contributed by atoms with Gasteiger partial charge in [0.25, 0.3) is 23.6 Å². The van der Waals surface area contributed by atoms with Gasteiger partial charge in [0.05, 0.1) is 59.4 Å². The largest absolute Gasteiger partial charge is 0.610 e. The van der Waals surface area contributed by atoms with Crippen LogP contribution in [0.4, 0.5) is 11.4 Å². The molecule has 0 aromatic heterocycles. The second kappa shape index (κ2) is 15.3. The molecule has 0 unspecified atom stereocenters. The number of rotatable bonds is 4. The van der Waals surface area contributed by atoms with Gasteiger partial charge in [-0.3, -0.25) is 19.2 Å². The number of hydrogen-bond donors (Lipinski definition) is 0. The Hall–Kier alpha value is -6.57. The number of anilines is 2. The highest BCUT2D eigenvalue weighted by Gasteiger charge is 2.46. The van der Waals surface area contributed by atoms with Gasteiger partial charge < -0.3 is 33.5 Å². The fraction of sp³-hybridized carbons (Fsp3) is 0.356. The molecule has 6 aliphatic heterocycles. The summed E-state index contributed by atoms with van der Waals surface area (Å²) < 4.78 is 34.7. The quantitative estimate of drug-likeness (QED) is 0.165. The molecule has 14 heteroatoms. The first-order valence-electron chi connectivity index (χ1n) is 19.4. The lowest BCUT2D eigenvalue weighted by molar-refractivity contribution is -0.357. The number of esters is 1. The van der Waals surface area contributed by atoms with Gasteiger partial charge in [-0.05, 0) is 72.2 Å². The fourth-order valence-corrected chi connectivity index (χ4v) is 7.30. The highest BCUT2D eigenvalue weighted by atomic mass is 16.6. The molecule has 0 N–H and O–H groups in total. The van der Waals surface area contributed by atoms with Gasteiger partial charge in [-0.25, -0.2) is 14.6 Å². The first-order chi connectivity index (χ1) is 28.0. The molecular formula is C45H45N2O12-. The van der Waals surface area contributed by atoms with Crippen LogP contribution in [0.15, 0.2) is 60.6 Å². The summed E-state index contributed by atoms with van der Waals surface area (Å²) in [5.41, 5.74) is 0.790. The Morgan fingerprint density at radius 2 is 0.983 bits per heavy atom. The molecule has 6 heterocycles. The Labute approximate surface area is 341 Å². The first kappa shape index (κ1) is 40.6. The number of fused-ring (bicyclic) bond motifs is 2. The SMILES string of the molecule is CCOc1cc2c3c4c(OCC)cc5c3c1C(=O)N(C5=O)c1cc(C(C)(C)C)ccc1OCCOC(=O)/C=C(\[O-])OCCOc1ccc(C(C)(C)C)cc1N(C2=O)C4=O. The van der Waals surface area contributed by atoms with Crippen LogP contribution >= 0.6 is 0 Å². The lowest BCUT2D eigenvalue weighted by Crippen LogP contribution is -2.44. The Bertz CT molecular complexity index is 2470. The van der Waals surface area contributed by atoms with Gasteiger partial charge in [-0.15, -0.1) is 0 Å². The van der Waals surface area contributed by atoms with Crippen LogP contribution in [0.3, 0.4) is 0 Å². The van der Waals surface area contributed by atoms with Gasteiger partial charge >= 0.3 is 5.97 Å². The molecule has 59 heavy (non-hydrogen) atoms. The molecule has 308 valence electrons. The van der Waals surface area contributed by atoms with Crippen molar-refractivity contribution in [2.45, 2.75) is 66.2 Å². The second-order valence-corrected chi connectivity index (χ2v) is 16.1. The van der Waals surface area contributed by atoms with Crippen LogP contribution in [-0.4, -0.2) is 69.2 Å². The Balaban J connectivity index is 1.52. The van der Waals surface area contributed by atoms with E-state index in [2.05, 4.69) is 0 Å². The third-order valence-corrected chi connectivity index (χ3v) is 10.2. The predicted octanol–water partition coefficient (Wildman–Crippen LogP) is 6.37. The summed E-state index contributed by atoms with van der Waals surface area (Å²) in [6.45, 7) is 14.4. The van der Waals surface area contributed by atoms with Crippen molar-refractivity contribution in [2.24, 2.45) is 0 Å². The van der Waals surface area contributed by atoms with Crippen molar-refractivity contribution in [3.8, 4) is 23.0 Å². The first-order valence-corrected chi connectivity index (χ1v) is 19.4. The third-order valence-electron chi connectivity index (χ3n) is 10.2. The molecule has 14 nitrogen and oxygen atoms in total. The monoisotopic (exact) mass is 805 g/mol. The highest BCUT2D eigenvalue weighted by Crippen LogP contribution is 2.49. The van der Waals surface area contributed by atoms with Gasteiger partial charge in [0, 0.05) is 23.5 Å². The summed E-state index contributed by atoms with van der Waals surface area (Å²) >= 11 is 0. The molecule has 0 aliphatic carbocycles. The number of hydrogen-bond acceptors (Lipinski definition) is 12. The number of benzene rings is 4. The molecule has 0 saturated heterocycles. The van der Waals surface area contributed by atoms with Crippen molar-refractivity contribution in [3.05, 3.63) is 93.9 Å². The van der Waals surface area contributed by atoms with Gasteiger partial charge in [0.2, 0.25) is 0 Å². The zero-order valence-corrected chi connectivity index (χ0v) is 34.2. The summed E-state index contributed by atoms with van der Waals surface area (Å²) in [6.07, 6.45) is 0.640. The molecule has 4 amide bonds. The van der Waals surface area contributed by atoms with E-state index in [4.69, 9.17) is 28.4 Å². The van der Waals surface area contributed by atoms with Crippen molar-refractivity contribution in [2.75, 3.05) is 49.4 Å². The summed E-state index contributed by atoms with van der Waals surface area (Å²) in [6, 6.07) is 13.0. The molecule has 6 aliphatic rings. The second-order valence-electron chi connectivity index (χ2n) is 16.1. The van der Waals surface area contributed by atoms with Crippen molar-refractivity contribution >= 4 is 51.7 Å². The van der Waals surface area contributed by atoms with Crippen LogP contribution in [0.25, 0.3) is 10.8 Å². The van der Waals surface area contributed by atoms with E-state index in [1.165, 1.54) is 12.1 Å². The topological polar surface area (TPSA) is 170 Å². The molecule has 8 bridgehead atoms. The predicted molar refractivity (Wildman–Crippen MR) is 215 cm³/mol. The molecule has 0 fully saturated rings. The molecule has 0 saturated carbocycles. The van der Waals surface area contributed by atoms with Crippen LogP contribution in [0, 0.1) is 0 Å². The summed E-state index contributed by atoms with van der Waals surface area (Å²) in [5.74, 6) is -4.78. The minimum atomic E-state index is -0.981. The minimum absolute atomic E-state index is 0.00274. The fourth-order valence-electron chi connectivity index (χ4n) is 7.30. The van der Waals surface area contributed by atoms with E-state index in [1.54, 1.807) is 50.2 Å². The Morgan fingerprint density at radius 1 is 0.576 bits per heavy atom. The van der Waals surface area contributed by atoms with Crippen molar-refractivity contribution < 1.29 is 57.5 Å². The van der Waals surface area contributed by atoms with E-state index in [9.17, 15) is 19.5 Å². The lowest BCUT2D eigenvalue weighted by atomic mass is 9.83. The van der Waals surface area contributed by atoms with E-state index in [1.807, 2.05) is 41.5 Å². The number of carbonyl (C=O) groups excluding carboxylic acids is 5. The summed E-state index contributed by atoms with van der Waals surface area (Å²) in [4.78, 5) is 74.4. The van der Waals surface area contributed by atoms with Crippen LogP contribution in [0.1, 0.15) is 108 Å². The van der Waals surface area contributed by atoms with E-state index < -0.39 is 46.4 Å². The smallest absolute Gasteiger partial charge is 0.332 e. The van der Waals surface area contributed by atoms with E-state index in [-0.39, 0.29) is 107 Å². The standard InChI is InChI=1S/C45H46N2O12/c1-9-54-32-21-26-37-36-27-22-33(55-10-2)39(37)43(53)47(40(26)50)29-20-25(45(6,7)8)12-14-31(29)57-16-18-59-35(49)23-34(48)58-17-15-56-30-13-11-24(44(3,4)5)19-28(30)46(41(27)51)42(52)38(32)36/h11-14,19-23,48H,9-10,15-18H2,1-8H3/p-1/b34-23+. The number of imide groups is 2. The van der Waals surface area contributed by atoms with Crippen molar-refractivity contribution in [3.63, 3.8) is 0 Å². The summed E-state index contributed by atoms with van der Waals surface area (Å²) in [7, 11) is 0. The zero-order valence-electron chi connectivity index (χ0n) is 34.2. The van der Waals surface area contributed by atoms with E-state index >= 15 is 9.59 Å². The Kier molecular flexibility index (Phi) is 10.5. The van der Waals surface area contributed by atoms with Crippen LogP contribution in [-0.2, 0) is 25.1 Å². The average Bonchev–Trinajstić information content (AvgIpc) is 3.16. The number of ether oxygens (including phenoxy) is 6. The Morgan fingerprint density at radius 3 is 1.39 bits per heavy atom. The maximum Gasteiger partial charge on any atom is 0.332 e. The number of nitrogens with zero attached hydrogens (tertiary/aromatic N) is 2. The van der Waals surface area contributed by atoms with Gasteiger partial charge in [-0.2, -0.15) is 0 Å². The zero-order chi connectivity index (χ0) is 42.6. The molecule has 10 rings (SSSR count). The minimum Gasteiger partial charge on any atom is -0.610 e. The number of amides is 4. The normalized spacial score (nSPS) is 17.0. The van der Waals surface area contributed by atoms with Gasteiger partial charge in [0.15, 0.2) is 0 Å². The van der Waals surface area contributed by atoms with Crippen molar-refractivity contribution in [1.29, 1.82) is 0 Å². The molecular weight excluding hydrogens is 760 g/mol. The maximum atomic E-state index is 15.0. The lowest BCUT2D eigenvalue weighted by Gasteiger charge is -2.35. The molecule has 4 aromatic carbocycles. The van der Waals surface area contributed by atoms with Crippen LogP contribution in [0.2, 0.25) is 0 Å². The maximum absolute atomic E-state index is 15.0. The van der Waals surface area contributed by atoms with Crippen LogP contribution in [0.5, 0.6) is 23.0 Å². The van der Waals surface area contributed by atoms with Crippen molar-refractivity contribution in [1.82, 2.24) is 0 Å².